The van der Waals surface area contributed by atoms with Gasteiger partial charge < -0.3 is 19.5 Å². The van der Waals surface area contributed by atoms with Crippen molar-refractivity contribution in [2.45, 2.75) is 26.5 Å². The van der Waals surface area contributed by atoms with E-state index in [9.17, 15) is 4.79 Å². The third kappa shape index (κ3) is 4.42. The summed E-state index contributed by atoms with van der Waals surface area (Å²) in [7, 11) is 0. The summed E-state index contributed by atoms with van der Waals surface area (Å²) in [4.78, 5) is 24.5. The number of benzene rings is 1. The standard InChI is InChI=1S/C25H25N5O3/c1-16-15-30(10-11-32-16)22-9-8-18(13-26-22)14-27-24(31)20-12-21(19-6-4-3-5-7-19)28-25-23(20)17(2)29-33-25/h3-9,12-13,16H,10-11,14-15H2,1-2H3,(H,27,31). The minimum Gasteiger partial charge on any atom is -0.375 e. The lowest BCUT2D eigenvalue weighted by molar-refractivity contribution is 0.0529. The number of fused-ring (bicyclic) bond motifs is 1. The third-order valence-corrected chi connectivity index (χ3v) is 5.76. The van der Waals surface area contributed by atoms with Gasteiger partial charge in [0.25, 0.3) is 11.6 Å². The van der Waals surface area contributed by atoms with Crippen LogP contribution in [0.1, 0.15) is 28.5 Å². The Bertz CT molecular complexity index is 1270. The molecule has 4 aromatic rings. The van der Waals surface area contributed by atoms with Gasteiger partial charge >= 0.3 is 0 Å². The molecule has 1 aliphatic heterocycles. The van der Waals surface area contributed by atoms with E-state index in [0.717, 1.165) is 30.0 Å². The zero-order chi connectivity index (χ0) is 22.8. The Morgan fingerprint density at radius 3 is 2.82 bits per heavy atom. The van der Waals surface area contributed by atoms with Gasteiger partial charge in [0.05, 0.1) is 35.0 Å². The molecule has 8 nitrogen and oxygen atoms in total. The second kappa shape index (κ2) is 8.99. The number of aryl methyl sites for hydroxylation is 1. The van der Waals surface area contributed by atoms with E-state index >= 15 is 0 Å². The van der Waals surface area contributed by atoms with Crippen molar-refractivity contribution in [3.8, 4) is 11.3 Å². The predicted octanol–water partition coefficient (Wildman–Crippen LogP) is 3.75. The smallest absolute Gasteiger partial charge is 0.259 e. The van der Waals surface area contributed by atoms with Crippen LogP contribution in [0.25, 0.3) is 22.4 Å². The molecule has 0 aliphatic carbocycles. The largest absolute Gasteiger partial charge is 0.375 e. The fourth-order valence-corrected chi connectivity index (χ4v) is 4.04. The van der Waals surface area contributed by atoms with Gasteiger partial charge in [-0.05, 0) is 31.5 Å². The highest BCUT2D eigenvalue weighted by Crippen LogP contribution is 2.27. The average molecular weight is 444 g/mol. The molecule has 0 spiro atoms. The van der Waals surface area contributed by atoms with Crippen LogP contribution in [0.15, 0.2) is 59.3 Å². The number of hydrogen-bond donors (Lipinski definition) is 1. The zero-order valence-electron chi connectivity index (χ0n) is 18.6. The first-order valence-electron chi connectivity index (χ1n) is 11.0. The number of nitrogens with zero attached hydrogens (tertiary/aromatic N) is 4. The van der Waals surface area contributed by atoms with Crippen molar-refractivity contribution in [1.29, 1.82) is 0 Å². The van der Waals surface area contributed by atoms with Gasteiger partial charge in [-0.1, -0.05) is 41.6 Å². The molecule has 4 heterocycles. The first kappa shape index (κ1) is 21.1. The minimum absolute atomic E-state index is 0.193. The van der Waals surface area contributed by atoms with Gasteiger partial charge in [0.2, 0.25) is 0 Å². The molecule has 0 saturated carbocycles. The van der Waals surface area contributed by atoms with Crippen LogP contribution in [-0.2, 0) is 11.3 Å². The molecule has 1 unspecified atom stereocenters. The molecule has 1 aromatic carbocycles. The number of pyridine rings is 2. The van der Waals surface area contributed by atoms with Gasteiger partial charge in [-0.2, -0.15) is 0 Å². The Morgan fingerprint density at radius 1 is 1.21 bits per heavy atom. The molecule has 1 saturated heterocycles. The monoisotopic (exact) mass is 443 g/mol. The van der Waals surface area contributed by atoms with Crippen molar-refractivity contribution in [3.05, 3.63) is 71.5 Å². The molecule has 1 fully saturated rings. The highest BCUT2D eigenvalue weighted by Gasteiger charge is 2.20. The topological polar surface area (TPSA) is 93.4 Å². The summed E-state index contributed by atoms with van der Waals surface area (Å²) in [6, 6.07) is 15.5. The number of nitrogens with one attached hydrogen (secondary N) is 1. The van der Waals surface area contributed by atoms with Crippen LogP contribution in [0.2, 0.25) is 0 Å². The van der Waals surface area contributed by atoms with Crippen LogP contribution in [0.3, 0.4) is 0 Å². The lowest BCUT2D eigenvalue weighted by Gasteiger charge is -2.32. The van der Waals surface area contributed by atoms with E-state index in [1.807, 2.05) is 49.4 Å². The maximum absolute atomic E-state index is 13.2. The van der Waals surface area contributed by atoms with Gasteiger partial charge in [-0.25, -0.2) is 9.97 Å². The molecular formula is C25H25N5O3. The average Bonchev–Trinajstić information content (AvgIpc) is 3.23. The minimum atomic E-state index is -0.211. The molecule has 0 bridgehead atoms. The Morgan fingerprint density at radius 2 is 2.06 bits per heavy atom. The normalized spacial score (nSPS) is 16.2. The number of aromatic nitrogens is 3. The zero-order valence-corrected chi connectivity index (χ0v) is 18.6. The summed E-state index contributed by atoms with van der Waals surface area (Å²) in [6.45, 7) is 6.58. The third-order valence-electron chi connectivity index (χ3n) is 5.76. The fraction of sp³-hybridized carbons (Fsp3) is 0.280. The lowest BCUT2D eigenvalue weighted by atomic mass is 10.1. The van der Waals surface area contributed by atoms with Crippen molar-refractivity contribution < 1.29 is 14.1 Å². The van der Waals surface area contributed by atoms with E-state index in [1.165, 1.54) is 0 Å². The van der Waals surface area contributed by atoms with Crippen LogP contribution < -0.4 is 10.2 Å². The van der Waals surface area contributed by atoms with Gasteiger partial charge in [-0.3, -0.25) is 4.79 Å². The summed E-state index contributed by atoms with van der Waals surface area (Å²) >= 11 is 0. The SMILES string of the molecule is Cc1noc2nc(-c3ccccc3)cc(C(=O)NCc3ccc(N4CCOC(C)C4)nc3)c12. The summed E-state index contributed by atoms with van der Waals surface area (Å²) in [5, 5.41) is 7.64. The van der Waals surface area contributed by atoms with Crippen molar-refractivity contribution >= 4 is 22.8 Å². The van der Waals surface area contributed by atoms with Crippen molar-refractivity contribution in [2.75, 3.05) is 24.6 Å². The summed E-state index contributed by atoms with van der Waals surface area (Å²) < 4.78 is 11.0. The molecule has 1 atom stereocenters. The first-order valence-corrected chi connectivity index (χ1v) is 11.0. The Labute approximate surface area is 191 Å². The Hall–Kier alpha value is -3.78. The van der Waals surface area contributed by atoms with Gasteiger partial charge in [0.15, 0.2) is 0 Å². The maximum Gasteiger partial charge on any atom is 0.259 e. The number of amides is 1. The number of hydrogen-bond acceptors (Lipinski definition) is 7. The van der Waals surface area contributed by atoms with E-state index in [1.54, 1.807) is 12.3 Å². The molecule has 168 valence electrons. The molecule has 3 aromatic heterocycles. The van der Waals surface area contributed by atoms with Crippen LogP contribution in [0, 0.1) is 6.92 Å². The molecule has 1 N–H and O–H groups in total. The summed E-state index contributed by atoms with van der Waals surface area (Å²) in [5.41, 5.74) is 3.96. The highest BCUT2D eigenvalue weighted by atomic mass is 16.5. The molecule has 8 heteroatoms. The molecule has 1 aliphatic rings. The number of rotatable bonds is 5. The number of carbonyl (C=O) groups is 1. The van der Waals surface area contributed by atoms with Gasteiger partial charge in [-0.15, -0.1) is 0 Å². The Kier molecular flexibility index (Phi) is 5.75. The quantitative estimate of drug-likeness (QED) is 0.502. The van der Waals surface area contributed by atoms with Crippen molar-refractivity contribution in [2.24, 2.45) is 0 Å². The Balaban J connectivity index is 1.34. The number of anilines is 1. The lowest BCUT2D eigenvalue weighted by Crippen LogP contribution is -2.41. The van der Waals surface area contributed by atoms with E-state index in [0.29, 0.717) is 41.2 Å². The van der Waals surface area contributed by atoms with Gasteiger partial charge in [0, 0.05) is 31.4 Å². The summed E-state index contributed by atoms with van der Waals surface area (Å²) in [5.74, 6) is 0.709. The van der Waals surface area contributed by atoms with Crippen molar-refractivity contribution in [1.82, 2.24) is 20.4 Å². The first-order chi connectivity index (χ1) is 16.1. The molecule has 1 amide bonds. The van der Waals surface area contributed by atoms with E-state index in [2.05, 4.69) is 32.3 Å². The predicted molar refractivity (Wildman–Crippen MR) is 125 cm³/mol. The second-order valence-corrected chi connectivity index (χ2v) is 8.20. The van der Waals surface area contributed by atoms with Crippen LogP contribution >= 0.6 is 0 Å². The molecule has 0 radical (unpaired) electrons. The molecular weight excluding hydrogens is 418 g/mol. The summed E-state index contributed by atoms with van der Waals surface area (Å²) in [6.07, 6.45) is 2.00. The highest BCUT2D eigenvalue weighted by molar-refractivity contribution is 6.06. The second-order valence-electron chi connectivity index (χ2n) is 8.20. The van der Waals surface area contributed by atoms with E-state index < -0.39 is 0 Å². The van der Waals surface area contributed by atoms with E-state index in [4.69, 9.17) is 9.26 Å². The number of carbonyl (C=O) groups excluding carboxylic acids is 1. The molecule has 33 heavy (non-hydrogen) atoms. The van der Waals surface area contributed by atoms with Crippen LogP contribution in [0.5, 0.6) is 0 Å². The fourth-order valence-electron chi connectivity index (χ4n) is 4.04. The van der Waals surface area contributed by atoms with E-state index in [-0.39, 0.29) is 12.0 Å². The maximum atomic E-state index is 13.2. The number of ether oxygens (including phenoxy) is 1. The van der Waals surface area contributed by atoms with Crippen LogP contribution in [0.4, 0.5) is 5.82 Å². The number of morpholine rings is 1. The van der Waals surface area contributed by atoms with Crippen LogP contribution in [-0.4, -0.2) is 46.8 Å². The van der Waals surface area contributed by atoms with Crippen molar-refractivity contribution in [3.63, 3.8) is 0 Å². The van der Waals surface area contributed by atoms with Gasteiger partial charge in [0.1, 0.15) is 5.82 Å². The molecule has 5 rings (SSSR count).